The van der Waals surface area contributed by atoms with E-state index in [0.717, 1.165) is 0 Å². The molecule has 1 atom stereocenters. The van der Waals surface area contributed by atoms with Crippen LogP contribution in [0.3, 0.4) is 0 Å². The van der Waals surface area contributed by atoms with Gasteiger partial charge in [0.15, 0.2) is 0 Å². The second-order valence-corrected chi connectivity index (χ2v) is 1.82. The smallest absolute Gasteiger partial charge is 0.269 e. The lowest BCUT2D eigenvalue weighted by molar-refractivity contribution is -0.507. The molecule has 0 fully saturated rings. The molecule has 0 aromatic heterocycles. The van der Waals surface area contributed by atoms with Crippen molar-refractivity contribution in [3.63, 3.8) is 0 Å². The molecule has 52 valence electrons. The molecule has 4 nitrogen and oxygen atoms in total. The van der Waals surface area contributed by atoms with Crippen LogP contribution in [0.15, 0.2) is 0 Å². The highest BCUT2D eigenvalue weighted by molar-refractivity contribution is 5.79. The number of nitro groups is 1. The molecule has 0 saturated heterocycles. The summed E-state index contributed by atoms with van der Waals surface area (Å²) in [6.07, 6.45) is 0.280. The van der Waals surface area contributed by atoms with Gasteiger partial charge in [-0.3, -0.25) is 14.9 Å². The van der Waals surface area contributed by atoms with Gasteiger partial charge in [-0.25, -0.2) is 0 Å². The van der Waals surface area contributed by atoms with Crippen molar-refractivity contribution < 1.29 is 9.72 Å². The molecular formula is C5H9NO3. The van der Waals surface area contributed by atoms with Gasteiger partial charge in [-0.2, -0.15) is 0 Å². The average Bonchev–Trinajstić information content (AvgIpc) is 1.64. The second kappa shape index (κ2) is 3.17. The van der Waals surface area contributed by atoms with E-state index in [2.05, 4.69) is 0 Å². The lowest BCUT2D eigenvalue weighted by Crippen LogP contribution is -2.26. The maximum Gasteiger partial charge on any atom is 0.269 e. The highest BCUT2D eigenvalue weighted by Gasteiger charge is 2.22. The van der Waals surface area contributed by atoms with Crippen LogP contribution in [0.2, 0.25) is 0 Å². The summed E-state index contributed by atoms with van der Waals surface area (Å²) in [6.45, 7) is 2.85. The van der Waals surface area contributed by atoms with Crippen LogP contribution >= 0.6 is 0 Å². The Bertz CT molecular complexity index is 118. The Kier molecular flexibility index (Phi) is 2.84. The third kappa shape index (κ3) is 2.21. The normalized spacial score (nSPS) is 12.7. The summed E-state index contributed by atoms with van der Waals surface area (Å²) in [4.78, 5) is 19.8. The highest BCUT2D eigenvalue weighted by atomic mass is 16.6. The van der Waals surface area contributed by atoms with E-state index in [4.69, 9.17) is 0 Å². The predicted molar refractivity (Wildman–Crippen MR) is 31.8 cm³/mol. The number of carbonyl (C=O) groups excluding carboxylic acids is 1. The van der Waals surface area contributed by atoms with Gasteiger partial charge in [-0.05, 0) is 0 Å². The topological polar surface area (TPSA) is 60.2 Å². The number of nitrogens with zero attached hydrogens (tertiary/aromatic N) is 1. The van der Waals surface area contributed by atoms with Crippen molar-refractivity contribution in [1.82, 2.24) is 0 Å². The Hall–Kier alpha value is -0.930. The summed E-state index contributed by atoms with van der Waals surface area (Å²) in [5, 5.41) is 9.96. The zero-order valence-corrected chi connectivity index (χ0v) is 5.46. The monoisotopic (exact) mass is 131 g/mol. The van der Waals surface area contributed by atoms with Crippen LogP contribution in [-0.2, 0) is 4.79 Å². The third-order valence-electron chi connectivity index (χ3n) is 1.11. The first-order valence-electron chi connectivity index (χ1n) is 2.73. The zero-order valence-electron chi connectivity index (χ0n) is 5.46. The minimum absolute atomic E-state index is 0.280. The van der Waals surface area contributed by atoms with Gasteiger partial charge >= 0.3 is 0 Å². The fourth-order valence-electron chi connectivity index (χ4n) is 0.585. The van der Waals surface area contributed by atoms with E-state index in [-0.39, 0.29) is 12.2 Å². The van der Waals surface area contributed by atoms with E-state index in [9.17, 15) is 14.9 Å². The third-order valence-corrected chi connectivity index (χ3v) is 1.11. The molecule has 0 amide bonds. The lowest BCUT2D eigenvalue weighted by atomic mass is 10.2. The molecule has 0 rings (SSSR count). The minimum Gasteiger partial charge on any atom is -0.292 e. The second-order valence-electron chi connectivity index (χ2n) is 1.82. The maximum absolute atomic E-state index is 10.4. The van der Waals surface area contributed by atoms with Crippen LogP contribution in [0.4, 0.5) is 0 Å². The molecule has 1 unspecified atom stereocenters. The molecule has 0 aliphatic heterocycles. The van der Waals surface area contributed by atoms with Gasteiger partial charge in [-0.15, -0.1) is 0 Å². The van der Waals surface area contributed by atoms with Crippen molar-refractivity contribution in [2.45, 2.75) is 26.3 Å². The van der Waals surface area contributed by atoms with Crippen LogP contribution in [0, 0.1) is 10.1 Å². The Balaban J connectivity index is 3.99. The van der Waals surface area contributed by atoms with Crippen molar-refractivity contribution in [3.05, 3.63) is 10.1 Å². The molecule has 0 bridgehead atoms. The van der Waals surface area contributed by atoms with Crippen LogP contribution in [-0.4, -0.2) is 16.7 Å². The molecule has 9 heavy (non-hydrogen) atoms. The Labute approximate surface area is 53.0 Å². The van der Waals surface area contributed by atoms with E-state index in [1.807, 2.05) is 0 Å². The molecule has 0 N–H and O–H groups in total. The predicted octanol–water partition coefficient (Wildman–Crippen LogP) is 0.631. The van der Waals surface area contributed by atoms with Crippen LogP contribution in [0.25, 0.3) is 0 Å². The molecule has 0 aliphatic carbocycles. The van der Waals surface area contributed by atoms with Crippen molar-refractivity contribution in [2.24, 2.45) is 0 Å². The molecular weight excluding hydrogens is 122 g/mol. The van der Waals surface area contributed by atoms with Gasteiger partial charge in [0, 0.05) is 18.3 Å². The Morgan fingerprint density at radius 3 is 2.22 bits per heavy atom. The van der Waals surface area contributed by atoms with Gasteiger partial charge in [0.2, 0.25) is 5.78 Å². The van der Waals surface area contributed by atoms with Gasteiger partial charge in [0.05, 0.1) is 0 Å². The van der Waals surface area contributed by atoms with Crippen LogP contribution in [0.5, 0.6) is 0 Å². The summed E-state index contributed by atoms with van der Waals surface area (Å²) in [5.41, 5.74) is 0. The maximum atomic E-state index is 10.4. The van der Waals surface area contributed by atoms with Crippen molar-refractivity contribution in [3.8, 4) is 0 Å². The van der Waals surface area contributed by atoms with Crippen molar-refractivity contribution in [1.29, 1.82) is 0 Å². The fraction of sp³-hybridized carbons (Fsp3) is 0.800. The molecule has 0 spiro atoms. The molecule has 0 aromatic carbocycles. The number of rotatable bonds is 3. The Morgan fingerprint density at radius 1 is 1.78 bits per heavy atom. The highest BCUT2D eigenvalue weighted by Crippen LogP contribution is 1.96. The van der Waals surface area contributed by atoms with Crippen molar-refractivity contribution >= 4 is 5.78 Å². The minimum atomic E-state index is -0.995. The van der Waals surface area contributed by atoms with Gasteiger partial charge in [0.25, 0.3) is 6.04 Å². The van der Waals surface area contributed by atoms with E-state index in [1.165, 1.54) is 6.92 Å². The molecule has 0 aromatic rings. The first-order chi connectivity index (χ1) is 4.09. The first kappa shape index (κ1) is 8.07. The van der Waals surface area contributed by atoms with Crippen LogP contribution < -0.4 is 0 Å². The van der Waals surface area contributed by atoms with E-state index >= 15 is 0 Å². The summed E-state index contributed by atoms with van der Waals surface area (Å²) >= 11 is 0. The quantitative estimate of drug-likeness (QED) is 0.417. The summed E-state index contributed by atoms with van der Waals surface area (Å²) in [7, 11) is 0. The SMILES string of the molecule is CCC(C(C)=O)[N+](=O)[O-]. The molecule has 0 heterocycles. The fourth-order valence-corrected chi connectivity index (χ4v) is 0.585. The first-order valence-corrected chi connectivity index (χ1v) is 2.73. The van der Waals surface area contributed by atoms with Gasteiger partial charge < -0.3 is 0 Å². The number of hydrogen-bond donors (Lipinski definition) is 0. The number of carbonyl (C=O) groups is 1. The zero-order chi connectivity index (χ0) is 7.44. The molecule has 0 radical (unpaired) electrons. The summed E-state index contributed by atoms with van der Waals surface area (Å²) in [6, 6.07) is -0.995. The van der Waals surface area contributed by atoms with Gasteiger partial charge in [0.1, 0.15) is 0 Å². The number of hydrogen-bond acceptors (Lipinski definition) is 3. The van der Waals surface area contributed by atoms with E-state index in [1.54, 1.807) is 6.92 Å². The van der Waals surface area contributed by atoms with Crippen LogP contribution in [0.1, 0.15) is 20.3 Å². The summed E-state index contributed by atoms with van der Waals surface area (Å²) in [5.74, 6) is -0.373. The molecule has 4 heteroatoms. The van der Waals surface area contributed by atoms with Gasteiger partial charge in [-0.1, -0.05) is 6.92 Å². The van der Waals surface area contributed by atoms with Crippen molar-refractivity contribution in [2.75, 3.05) is 0 Å². The largest absolute Gasteiger partial charge is 0.292 e. The standard InChI is InChI=1S/C5H9NO3/c1-3-5(4(2)7)6(8)9/h5H,3H2,1-2H3. The van der Waals surface area contributed by atoms with E-state index in [0.29, 0.717) is 0 Å². The lowest BCUT2D eigenvalue weighted by Gasteiger charge is -1.99. The number of Topliss-reactive ketones (excluding diaryl/α,β-unsaturated/α-hetero) is 1. The molecule has 0 saturated carbocycles. The summed E-state index contributed by atoms with van der Waals surface area (Å²) < 4.78 is 0. The molecule has 0 aliphatic rings. The Morgan fingerprint density at radius 2 is 2.22 bits per heavy atom. The van der Waals surface area contributed by atoms with E-state index < -0.39 is 11.0 Å². The average molecular weight is 131 g/mol. The number of ketones is 1.